The Morgan fingerprint density at radius 1 is 0.964 bits per heavy atom. The molecule has 28 heavy (non-hydrogen) atoms. The number of methoxy groups -OCH3 is 1. The number of ether oxygens (including phenoxy) is 2. The number of hydrogen-bond donors (Lipinski definition) is 0. The molecule has 0 saturated heterocycles. The zero-order chi connectivity index (χ0) is 19.5. The van der Waals surface area contributed by atoms with Gasteiger partial charge in [0.1, 0.15) is 5.75 Å². The van der Waals surface area contributed by atoms with Crippen molar-refractivity contribution >= 4 is 16.7 Å². The molecule has 4 aromatic rings. The highest BCUT2D eigenvalue weighted by Gasteiger charge is 2.21. The van der Waals surface area contributed by atoms with Crippen LogP contribution in [-0.4, -0.2) is 23.3 Å². The maximum atomic E-state index is 12.7. The molecule has 0 aliphatic heterocycles. The van der Waals surface area contributed by atoms with Crippen molar-refractivity contribution in [1.29, 1.82) is 0 Å². The Kier molecular flexibility index (Phi) is 4.76. The first-order chi connectivity index (χ1) is 13.7. The van der Waals surface area contributed by atoms with Crippen LogP contribution in [0.15, 0.2) is 71.1 Å². The van der Waals surface area contributed by atoms with E-state index in [4.69, 9.17) is 13.9 Å². The molecule has 1 unspecified atom stereocenters. The van der Waals surface area contributed by atoms with Crippen LogP contribution in [0.5, 0.6) is 5.75 Å². The summed E-state index contributed by atoms with van der Waals surface area (Å²) in [7, 11) is 1.60. The Bertz CT molecular complexity index is 1110. The Hall–Kier alpha value is -3.67. The minimum Gasteiger partial charge on any atom is -0.497 e. The summed E-state index contributed by atoms with van der Waals surface area (Å²) in [5, 5.41) is 9.88. The van der Waals surface area contributed by atoms with E-state index in [-0.39, 0.29) is 5.89 Å². The second-order valence-corrected chi connectivity index (χ2v) is 6.25. The molecule has 4 rings (SSSR count). The number of carbonyl (C=O) groups is 1. The fraction of sp³-hybridized carbons (Fsp3) is 0.136. The third kappa shape index (κ3) is 3.44. The molecule has 1 heterocycles. The van der Waals surface area contributed by atoms with Crippen LogP contribution >= 0.6 is 0 Å². The molecule has 0 aliphatic rings. The highest BCUT2D eigenvalue weighted by Crippen LogP contribution is 2.26. The summed E-state index contributed by atoms with van der Waals surface area (Å²) in [6.45, 7) is 1.70. The first-order valence-corrected chi connectivity index (χ1v) is 8.82. The molecular weight excluding hydrogens is 356 g/mol. The number of hydrogen-bond acceptors (Lipinski definition) is 6. The molecule has 0 saturated carbocycles. The Balaban J connectivity index is 1.52. The number of carbonyl (C=O) groups excluding carboxylic acids is 1. The van der Waals surface area contributed by atoms with E-state index in [2.05, 4.69) is 10.2 Å². The quantitative estimate of drug-likeness (QED) is 0.466. The summed E-state index contributed by atoms with van der Waals surface area (Å²) in [4.78, 5) is 12.7. The first kappa shape index (κ1) is 17.7. The average molecular weight is 374 g/mol. The highest BCUT2D eigenvalue weighted by molar-refractivity contribution is 6.04. The molecule has 140 valence electrons. The second kappa shape index (κ2) is 7.52. The fourth-order valence-electron chi connectivity index (χ4n) is 2.93. The Labute approximate surface area is 161 Å². The van der Waals surface area contributed by atoms with Crippen LogP contribution in [0, 0.1) is 0 Å². The number of fused-ring (bicyclic) bond motifs is 1. The molecule has 0 radical (unpaired) electrons. The van der Waals surface area contributed by atoms with E-state index >= 15 is 0 Å². The van der Waals surface area contributed by atoms with Crippen LogP contribution in [0.3, 0.4) is 0 Å². The van der Waals surface area contributed by atoms with Crippen molar-refractivity contribution in [2.45, 2.75) is 13.0 Å². The summed E-state index contributed by atoms with van der Waals surface area (Å²) in [6, 6.07) is 20.5. The van der Waals surface area contributed by atoms with Crippen molar-refractivity contribution in [3.8, 4) is 17.2 Å². The van der Waals surface area contributed by atoms with Crippen LogP contribution in [0.4, 0.5) is 0 Å². The molecule has 0 amide bonds. The van der Waals surface area contributed by atoms with Crippen molar-refractivity contribution in [2.75, 3.05) is 7.11 Å². The molecule has 0 aliphatic carbocycles. The van der Waals surface area contributed by atoms with E-state index in [1.807, 2.05) is 60.7 Å². The summed E-state index contributed by atoms with van der Waals surface area (Å²) in [5.74, 6) is 0.888. The largest absolute Gasteiger partial charge is 0.497 e. The minimum absolute atomic E-state index is 0.236. The highest BCUT2D eigenvalue weighted by atomic mass is 16.6. The lowest BCUT2D eigenvalue weighted by atomic mass is 10.0. The van der Waals surface area contributed by atoms with Crippen LogP contribution in [0.2, 0.25) is 0 Å². The van der Waals surface area contributed by atoms with Gasteiger partial charge < -0.3 is 13.9 Å². The molecule has 0 spiro atoms. The van der Waals surface area contributed by atoms with Crippen LogP contribution in [-0.2, 0) is 4.74 Å². The zero-order valence-electron chi connectivity index (χ0n) is 15.5. The molecule has 6 heteroatoms. The number of aromatic nitrogens is 2. The van der Waals surface area contributed by atoms with E-state index in [1.165, 1.54) is 0 Å². The topological polar surface area (TPSA) is 74.5 Å². The number of esters is 1. The van der Waals surface area contributed by atoms with Gasteiger partial charge in [-0.15, -0.1) is 10.2 Å². The van der Waals surface area contributed by atoms with E-state index in [0.29, 0.717) is 11.5 Å². The SMILES string of the molecule is COc1ccc(-c2nnc(C(C)OC(=O)c3cccc4ccccc34)o2)cc1. The van der Waals surface area contributed by atoms with Gasteiger partial charge in [0.15, 0.2) is 6.10 Å². The van der Waals surface area contributed by atoms with Gasteiger partial charge in [0.2, 0.25) is 5.89 Å². The van der Waals surface area contributed by atoms with Gasteiger partial charge in [-0.25, -0.2) is 4.79 Å². The van der Waals surface area contributed by atoms with Gasteiger partial charge in [-0.1, -0.05) is 36.4 Å². The Morgan fingerprint density at radius 2 is 1.71 bits per heavy atom. The third-order valence-corrected chi connectivity index (χ3v) is 4.42. The van der Waals surface area contributed by atoms with Gasteiger partial charge in [0.05, 0.1) is 12.7 Å². The first-order valence-electron chi connectivity index (χ1n) is 8.82. The fourth-order valence-corrected chi connectivity index (χ4v) is 2.93. The molecule has 0 fully saturated rings. The molecule has 0 N–H and O–H groups in total. The average Bonchev–Trinajstić information content (AvgIpc) is 3.24. The monoisotopic (exact) mass is 374 g/mol. The lowest BCUT2D eigenvalue weighted by molar-refractivity contribution is 0.0282. The van der Waals surface area contributed by atoms with E-state index in [9.17, 15) is 4.79 Å². The third-order valence-electron chi connectivity index (χ3n) is 4.42. The smallest absolute Gasteiger partial charge is 0.339 e. The number of benzene rings is 3. The second-order valence-electron chi connectivity index (χ2n) is 6.25. The van der Waals surface area contributed by atoms with Crippen molar-refractivity contribution in [1.82, 2.24) is 10.2 Å². The molecule has 1 aromatic heterocycles. The summed E-state index contributed by atoms with van der Waals surface area (Å²) >= 11 is 0. The standard InChI is InChI=1S/C22H18N2O4/c1-14(20-23-24-21(28-20)16-10-12-17(26-2)13-11-16)27-22(25)19-9-5-7-15-6-3-4-8-18(15)19/h3-14H,1-2H3. The van der Waals surface area contributed by atoms with Gasteiger partial charge in [-0.05, 0) is 48.0 Å². The van der Waals surface area contributed by atoms with Gasteiger partial charge >= 0.3 is 5.97 Å². The minimum atomic E-state index is -0.675. The van der Waals surface area contributed by atoms with E-state index in [0.717, 1.165) is 22.1 Å². The summed E-state index contributed by atoms with van der Waals surface area (Å²) < 4.78 is 16.4. The van der Waals surface area contributed by atoms with Crippen LogP contribution in [0.1, 0.15) is 29.3 Å². The van der Waals surface area contributed by atoms with Crippen molar-refractivity contribution < 1.29 is 18.7 Å². The summed E-state index contributed by atoms with van der Waals surface area (Å²) in [5.41, 5.74) is 1.26. The maximum absolute atomic E-state index is 12.7. The van der Waals surface area contributed by atoms with Crippen LogP contribution < -0.4 is 4.74 Å². The predicted octanol–water partition coefficient (Wildman–Crippen LogP) is 4.82. The van der Waals surface area contributed by atoms with Crippen molar-refractivity contribution in [2.24, 2.45) is 0 Å². The van der Waals surface area contributed by atoms with Gasteiger partial charge in [-0.2, -0.15) is 0 Å². The maximum Gasteiger partial charge on any atom is 0.339 e. The lowest BCUT2D eigenvalue weighted by Crippen LogP contribution is -2.10. The zero-order valence-corrected chi connectivity index (χ0v) is 15.5. The lowest BCUT2D eigenvalue weighted by Gasteiger charge is -2.11. The molecule has 0 bridgehead atoms. The van der Waals surface area contributed by atoms with Crippen molar-refractivity contribution in [3.05, 3.63) is 78.2 Å². The number of rotatable bonds is 5. The van der Waals surface area contributed by atoms with Gasteiger partial charge in [0, 0.05) is 5.56 Å². The normalized spacial score (nSPS) is 11.9. The van der Waals surface area contributed by atoms with Gasteiger partial charge in [-0.3, -0.25) is 0 Å². The van der Waals surface area contributed by atoms with E-state index < -0.39 is 12.1 Å². The molecule has 1 atom stereocenters. The van der Waals surface area contributed by atoms with Gasteiger partial charge in [0.25, 0.3) is 5.89 Å². The predicted molar refractivity (Wildman–Crippen MR) is 104 cm³/mol. The van der Waals surface area contributed by atoms with Crippen LogP contribution in [0.25, 0.3) is 22.2 Å². The molecule has 6 nitrogen and oxygen atoms in total. The Morgan fingerprint density at radius 3 is 2.50 bits per heavy atom. The summed E-state index contributed by atoms with van der Waals surface area (Å²) in [6.07, 6.45) is -0.675. The molecular formula is C22H18N2O4. The molecule has 3 aromatic carbocycles. The number of nitrogens with zero attached hydrogens (tertiary/aromatic N) is 2. The van der Waals surface area contributed by atoms with E-state index in [1.54, 1.807) is 20.1 Å². The van der Waals surface area contributed by atoms with Crippen molar-refractivity contribution in [3.63, 3.8) is 0 Å².